The van der Waals surface area contributed by atoms with Gasteiger partial charge in [-0.15, -0.1) is 0 Å². The Hall–Kier alpha value is -1.01. The van der Waals surface area contributed by atoms with Crippen molar-refractivity contribution in [2.24, 2.45) is 0 Å². The molecule has 1 fully saturated rings. The Kier molecular flexibility index (Phi) is 4.66. The first-order valence-corrected chi connectivity index (χ1v) is 6.47. The molecule has 18 heavy (non-hydrogen) atoms. The summed E-state index contributed by atoms with van der Waals surface area (Å²) in [7, 11) is 0. The summed E-state index contributed by atoms with van der Waals surface area (Å²) in [5.41, 5.74) is 0. The lowest BCUT2D eigenvalue weighted by Crippen LogP contribution is -2.37. The van der Waals surface area contributed by atoms with Crippen LogP contribution < -0.4 is 5.32 Å². The van der Waals surface area contributed by atoms with Crippen molar-refractivity contribution in [2.75, 3.05) is 19.6 Å². The van der Waals surface area contributed by atoms with Crippen LogP contribution in [0.2, 0.25) is 0 Å². The van der Waals surface area contributed by atoms with Gasteiger partial charge in [-0.2, -0.15) is 8.78 Å². The molecule has 0 amide bonds. The second-order valence-electron chi connectivity index (χ2n) is 4.65. The van der Waals surface area contributed by atoms with Crippen LogP contribution in [0, 0.1) is 0 Å². The number of nitrogens with zero attached hydrogens (tertiary/aromatic N) is 3. The Morgan fingerprint density at radius 1 is 1.61 bits per heavy atom. The van der Waals surface area contributed by atoms with Crippen molar-refractivity contribution < 1.29 is 8.78 Å². The zero-order valence-electron chi connectivity index (χ0n) is 10.6. The van der Waals surface area contributed by atoms with Crippen molar-refractivity contribution in [3.63, 3.8) is 0 Å². The molecule has 2 heterocycles. The maximum Gasteiger partial charge on any atom is 0.319 e. The third kappa shape index (κ3) is 3.05. The molecule has 1 saturated heterocycles. The number of imidazole rings is 1. The first kappa shape index (κ1) is 13.4. The lowest BCUT2D eigenvalue weighted by atomic mass is 10.2. The molecule has 1 atom stereocenters. The third-order valence-electron chi connectivity index (χ3n) is 3.37. The van der Waals surface area contributed by atoms with E-state index in [1.54, 1.807) is 0 Å². The van der Waals surface area contributed by atoms with Gasteiger partial charge in [0, 0.05) is 25.0 Å². The number of nitrogens with one attached hydrogen (secondary N) is 1. The second kappa shape index (κ2) is 6.24. The van der Waals surface area contributed by atoms with E-state index in [1.165, 1.54) is 12.4 Å². The van der Waals surface area contributed by atoms with Crippen LogP contribution >= 0.6 is 0 Å². The second-order valence-corrected chi connectivity index (χ2v) is 4.65. The van der Waals surface area contributed by atoms with Gasteiger partial charge in [-0.05, 0) is 25.9 Å². The number of aromatic nitrogens is 2. The summed E-state index contributed by atoms with van der Waals surface area (Å²) >= 11 is 0. The zero-order chi connectivity index (χ0) is 13.0. The van der Waals surface area contributed by atoms with Crippen LogP contribution in [-0.2, 0) is 6.54 Å². The topological polar surface area (TPSA) is 33.1 Å². The fraction of sp³-hybridized carbons (Fsp3) is 0.750. The summed E-state index contributed by atoms with van der Waals surface area (Å²) in [4.78, 5) is 6.30. The lowest BCUT2D eigenvalue weighted by molar-refractivity contribution is 0.0623. The van der Waals surface area contributed by atoms with Crippen LogP contribution in [-0.4, -0.2) is 40.1 Å². The molecule has 2 rings (SSSR count). The SMILES string of the molecule is CCCN(Cc1nccn1C(F)F)C1CCNC1. The Morgan fingerprint density at radius 2 is 2.44 bits per heavy atom. The smallest absolute Gasteiger partial charge is 0.315 e. The molecule has 0 aromatic carbocycles. The van der Waals surface area contributed by atoms with E-state index < -0.39 is 6.55 Å². The highest BCUT2D eigenvalue weighted by molar-refractivity contribution is 4.94. The number of rotatable bonds is 6. The summed E-state index contributed by atoms with van der Waals surface area (Å²) in [5, 5.41) is 3.31. The van der Waals surface area contributed by atoms with Gasteiger partial charge in [-0.3, -0.25) is 9.47 Å². The monoisotopic (exact) mass is 258 g/mol. The molecule has 102 valence electrons. The number of hydrogen-bond donors (Lipinski definition) is 1. The summed E-state index contributed by atoms with van der Waals surface area (Å²) in [6, 6.07) is 0.438. The highest BCUT2D eigenvalue weighted by atomic mass is 19.3. The molecule has 1 aliphatic heterocycles. The summed E-state index contributed by atoms with van der Waals surface area (Å²) in [5.74, 6) is 0.449. The van der Waals surface area contributed by atoms with Crippen LogP contribution in [0.3, 0.4) is 0 Å². The standard InChI is InChI=1S/C12H20F2N4/c1-2-6-17(10-3-4-15-8-10)9-11-16-5-7-18(11)12(13)14/h5,7,10,12,15H,2-4,6,8-9H2,1H3. The van der Waals surface area contributed by atoms with Gasteiger partial charge in [0.05, 0.1) is 6.54 Å². The maximum atomic E-state index is 12.8. The molecule has 1 N–H and O–H groups in total. The van der Waals surface area contributed by atoms with Crippen molar-refractivity contribution in [3.8, 4) is 0 Å². The van der Waals surface area contributed by atoms with Gasteiger partial charge in [0.1, 0.15) is 5.82 Å². The van der Waals surface area contributed by atoms with Crippen molar-refractivity contribution in [2.45, 2.75) is 38.9 Å². The highest BCUT2D eigenvalue weighted by Crippen LogP contribution is 2.17. The van der Waals surface area contributed by atoms with Crippen LogP contribution in [0.15, 0.2) is 12.4 Å². The first-order chi connectivity index (χ1) is 8.72. The molecule has 0 bridgehead atoms. The molecule has 0 radical (unpaired) electrons. The molecule has 4 nitrogen and oxygen atoms in total. The van der Waals surface area contributed by atoms with Gasteiger partial charge in [-0.25, -0.2) is 4.98 Å². The first-order valence-electron chi connectivity index (χ1n) is 6.47. The van der Waals surface area contributed by atoms with Gasteiger partial charge in [0.2, 0.25) is 0 Å². The van der Waals surface area contributed by atoms with E-state index >= 15 is 0 Å². The van der Waals surface area contributed by atoms with Gasteiger partial charge in [-0.1, -0.05) is 6.92 Å². The Labute approximate surface area is 106 Å². The average molecular weight is 258 g/mol. The van der Waals surface area contributed by atoms with Crippen molar-refractivity contribution in [1.29, 1.82) is 0 Å². The molecule has 0 saturated carbocycles. The number of alkyl halides is 2. The van der Waals surface area contributed by atoms with Crippen LogP contribution in [0.4, 0.5) is 8.78 Å². The summed E-state index contributed by atoms with van der Waals surface area (Å²) in [6.45, 7) is 2.96. The predicted molar refractivity (Wildman–Crippen MR) is 65.5 cm³/mol. The molecular formula is C12H20F2N4. The van der Waals surface area contributed by atoms with Crippen LogP contribution in [0.5, 0.6) is 0 Å². The molecule has 6 heteroatoms. The van der Waals surface area contributed by atoms with Crippen molar-refractivity contribution in [1.82, 2.24) is 19.8 Å². The van der Waals surface area contributed by atoms with Gasteiger partial charge in [0.15, 0.2) is 0 Å². The van der Waals surface area contributed by atoms with E-state index in [1.807, 2.05) is 0 Å². The normalized spacial score (nSPS) is 20.2. The lowest BCUT2D eigenvalue weighted by Gasteiger charge is -2.27. The summed E-state index contributed by atoms with van der Waals surface area (Å²) < 4.78 is 26.5. The largest absolute Gasteiger partial charge is 0.319 e. The number of halogens is 2. The van der Waals surface area contributed by atoms with E-state index in [2.05, 4.69) is 22.1 Å². The van der Waals surface area contributed by atoms with E-state index in [0.717, 1.165) is 37.0 Å². The fourth-order valence-electron chi connectivity index (χ4n) is 2.45. The maximum absolute atomic E-state index is 12.8. The summed E-state index contributed by atoms with van der Waals surface area (Å²) in [6.07, 6.45) is 4.89. The van der Waals surface area contributed by atoms with E-state index in [9.17, 15) is 8.78 Å². The predicted octanol–water partition coefficient (Wildman–Crippen LogP) is 1.85. The van der Waals surface area contributed by atoms with Gasteiger partial charge in [0.25, 0.3) is 0 Å². The molecule has 1 aromatic heterocycles. The Balaban J connectivity index is 2.05. The Morgan fingerprint density at radius 3 is 3.06 bits per heavy atom. The molecular weight excluding hydrogens is 238 g/mol. The fourth-order valence-corrected chi connectivity index (χ4v) is 2.45. The average Bonchev–Trinajstić information content (AvgIpc) is 2.99. The third-order valence-corrected chi connectivity index (χ3v) is 3.37. The minimum atomic E-state index is -2.51. The highest BCUT2D eigenvalue weighted by Gasteiger charge is 2.23. The van der Waals surface area contributed by atoms with Crippen molar-refractivity contribution >= 4 is 0 Å². The van der Waals surface area contributed by atoms with E-state index in [-0.39, 0.29) is 0 Å². The molecule has 1 aliphatic rings. The minimum Gasteiger partial charge on any atom is -0.315 e. The van der Waals surface area contributed by atoms with Gasteiger partial charge < -0.3 is 5.32 Å². The molecule has 0 aliphatic carbocycles. The van der Waals surface area contributed by atoms with Gasteiger partial charge >= 0.3 is 6.55 Å². The minimum absolute atomic E-state index is 0.438. The molecule has 0 spiro atoms. The van der Waals surface area contributed by atoms with Crippen molar-refractivity contribution in [3.05, 3.63) is 18.2 Å². The Bertz CT molecular complexity index is 361. The quantitative estimate of drug-likeness (QED) is 0.845. The molecule has 1 aromatic rings. The zero-order valence-corrected chi connectivity index (χ0v) is 10.6. The molecule has 1 unspecified atom stereocenters. The van der Waals surface area contributed by atoms with E-state index in [0.29, 0.717) is 18.4 Å². The van der Waals surface area contributed by atoms with E-state index in [4.69, 9.17) is 0 Å². The van der Waals surface area contributed by atoms with Crippen LogP contribution in [0.1, 0.15) is 32.1 Å². The van der Waals surface area contributed by atoms with Crippen LogP contribution in [0.25, 0.3) is 0 Å². The number of hydrogen-bond acceptors (Lipinski definition) is 3.